The van der Waals surface area contributed by atoms with Crippen LogP contribution >= 0.6 is 6.60 Å². The molecule has 0 rings (SSSR count). The van der Waals surface area contributed by atoms with E-state index in [4.69, 9.17) is 0 Å². The molecule has 0 atom stereocenters. The fraction of sp³-hybridized carbons (Fsp3) is 1.00. The van der Waals surface area contributed by atoms with Crippen molar-refractivity contribution in [3.63, 3.8) is 0 Å². The van der Waals surface area contributed by atoms with Crippen molar-refractivity contribution in [3.8, 4) is 0 Å². The Balaban J connectivity index is 3.99. The van der Waals surface area contributed by atoms with Crippen LogP contribution in [0.15, 0.2) is 0 Å². The van der Waals surface area contributed by atoms with Gasteiger partial charge < -0.3 is 0 Å². The van der Waals surface area contributed by atoms with E-state index in [0.717, 1.165) is 0 Å². The van der Waals surface area contributed by atoms with Gasteiger partial charge in [-0.25, -0.2) is 0 Å². The van der Waals surface area contributed by atoms with E-state index in [1.165, 1.54) is 12.3 Å². The van der Waals surface area contributed by atoms with E-state index in [1.807, 2.05) is 0 Å². The Bertz CT molecular complexity index is 68.1. The van der Waals surface area contributed by atoms with Gasteiger partial charge in [-0.15, -0.1) is 0 Å². The second-order valence-corrected chi connectivity index (χ2v) is 12.3. The van der Waals surface area contributed by atoms with Gasteiger partial charge in [0.15, 0.2) is 0 Å². The van der Waals surface area contributed by atoms with Gasteiger partial charge in [-0.1, -0.05) is 0 Å². The molecule has 0 aromatic carbocycles. The average molecular weight is 134 g/mol. The predicted molar refractivity (Wildman–Crippen MR) is 45.8 cm³/mol. The summed E-state index contributed by atoms with van der Waals surface area (Å²) < 4.78 is 0. The van der Waals surface area contributed by atoms with Crippen molar-refractivity contribution in [3.05, 3.63) is 0 Å². The maximum absolute atomic E-state index is 2.45. The predicted octanol–water partition coefficient (Wildman–Crippen LogP) is 2.47. The van der Waals surface area contributed by atoms with Gasteiger partial charge in [0.05, 0.1) is 0 Å². The van der Waals surface area contributed by atoms with Crippen molar-refractivity contribution in [2.24, 2.45) is 0 Å². The summed E-state index contributed by atoms with van der Waals surface area (Å²) in [6.07, 6.45) is 2.78. The maximum atomic E-state index is 2.45. The van der Waals surface area contributed by atoms with E-state index in [9.17, 15) is 0 Å². The number of hydrogen-bond acceptors (Lipinski definition) is 0. The van der Waals surface area contributed by atoms with Crippen molar-refractivity contribution in [1.29, 1.82) is 0 Å². The number of rotatable bonds is 2. The van der Waals surface area contributed by atoms with Crippen LogP contribution in [0.4, 0.5) is 0 Å². The number of hydrogen-bond donors (Lipinski definition) is 0. The molecule has 0 amide bonds. The molecule has 0 bridgehead atoms. The van der Waals surface area contributed by atoms with Gasteiger partial charge in [-0.05, 0) is 0 Å². The third-order valence-corrected chi connectivity index (χ3v) is 7.03. The van der Waals surface area contributed by atoms with Gasteiger partial charge in [0.25, 0.3) is 0 Å². The van der Waals surface area contributed by atoms with E-state index in [2.05, 4.69) is 33.8 Å². The molecule has 1 heteroatoms. The van der Waals surface area contributed by atoms with Crippen LogP contribution in [0.25, 0.3) is 0 Å². The Labute approximate surface area is 53.6 Å². The summed E-state index contributed by atoms with van der Waals surface area (Å²) in [6.45, 7) is 10.9. The molecule has 0 nitrogen and oxygen atoms in total. The molecule has 0 aliphatic rings. The van der Waals surface area contributed by atoms with Crippen LogP contribution in [0.2, 0.25) is 0 Å². The van der Waals surface area contributed by atoms with Crippen molar-refractivity contribution in [1.82, 2.24) is 0 Å². The molecule has 0 aromatic heterocycles. The second kappa shape index (κ2) is 1.99. The Kier molecular flexibility index (Phi) is 2.10. The van der Waals surface area contributed by atoms with Gasteiger partial charge >= 0.3 is 52.8 Å². The third-order valence-electron chi connectivity index (χ3n) is 2.34. The molecule has 52 valence electrons. The molecule has 0 radical (unpaired) electrons. The van der Waals surface area contributed by atoms with E-state index < -0.39 is 6.60 Å². The molecule has 0 aliphatic carbocycles. The van der Waals surface area contributed by atoms with Crippen LogP contribution in [0.3, 0.4) is 0 Å². The SMILES string of the molecule is CCP(C)(C)(C)CC. The molecule has 0 aliphatic heterocycles. The van der Waals surface area contributed by atoms with E-state index in [0.29, 0.717) is 0 Å². The van der Waals surface area contributed by atoms with Crippen LogP contribution < -0.4 is 0 Å². The summed E-state index contributed by atoms with van der Waals surface area (Å²) in [6, 6.07) is 0. The van der Waals surface area contributed by atoms with Crippen LogP contribution in [-0.2, 0) is 0 Å². The minimum atomic E-state index is -1.10. The van der Waals surface area contributed by atoms with Crippen LogP contribution in [0, 0.1) is 0 Å². The molecule has 0 fully saturated rings. The topological polar surface area (TPSA) is 0 Å². The molecule has 0 N–H and O–H groups in total. The quantitative estimate of drug-likeness (QED) is 0.509. The normalized spacial score (nSPS) is 17.4. The van der Waals surface area contributed by atoms with E-state index in [-0.39, 0.29) is 0 Å². The third kappa shape index (κ3) is 2.67. The van der Waals surface area contributed by atoms with Crippen molar-refractivity contribution >= 4 is 6.60 Å². The van der Waals surface area contributed by atoms with Gasteiger partial charge in [-0.2, -0.15) is 0 Å². The Hall–Kier alpha value is 0.430. The second-order valence-electron chi connectivity index (χ2n) is 4.10. The Morgan fingerprint density at radius 3 is 1.12 bits per heavy atom. The first-order valence-corrected chi connectivity index (χ1v) is 7.34. The fourth-order valence-corrected chi connectivity index (χ4v) is 0.671. The summed E-state index contributed by atoms with van der Waals surface area (Å²) in [7, 11) is 0. The van der Waals surface area contributed by atoms with Crippen LogP contribution in [0.1, 0.15) is 13.8 Å². The van der Waals surface area contributed by atoms with Crippen LogP contribution in [-0.4, -0.2) is 32.3 Å². The zero-order valence-electron chi connectivity index (χ0n) is 6.86. The monoisotopic (exact) mass is 134 g/mol. The van der Waals surface area contributed by atoms with Gasteiger partial charge in [-0.3, -0.25) is 0 Å². The summed E-state index contributed by atoms with van der Waals surface area (Å²) in [4.78, 5) is 0. The first kappa shape index (κ1) is 8.43. The Morgan fingerprint density at radius 2 is 1.12 bits per heavy atom. The summed E-state index contributed by atoms with van der Waals surface area (Å²) in [5.74, 6) is 0. The van der Waals surface area contributed by atoms with Gasteiger partial charge in [0.2, 0.25) is 0 Å². The van der Waals surface area contributed by atoms with Crippen molar-refractivity contribution < 1.29 is 0 Å². The summed E-state index contributed by atoms with van der Waals surface area (Å²) in [5.41, 5.74) is 0. The summed E-state index contributed by atoms with van der Waals surface area (Å²) in [5, 5.41) is 0. The molecule has 0 saturated heterocycles. The van der Waals surface area contributed by atoms with E-state index in [1.54, 1.807) is 0 Å². The zero-order valence-corrected chi connectivity index (χ0v) is 7.76. The van der Waals surface area contributed by atoms with Gasteiger partial charge in [0, 0.05) is 0 Å². The van der Waals surface area contributed by atoms with Crippen molar-refractivity contribution in [2.75, 3.05) is 32.3 Å². The summed E-state index contributed by atoms with van der Waals surface area (Å²) >= 11 is 0. The fourth-order valence-electron chi connectivity index (χ4n) is 0.224. The molecule has 0 saturated carbocycles. The van der Waals surface area contributed by atoms with E-state index >= 15 is 0 Å². The van der Waals surface area contributed by atoms with Crippen molar-refractivity contribution in [2.45, 2.75) is 13.8 Å². The molecule has 0 aromatic rings. The average Bonchev–Trinajstić information content (AvgIpc) is 1.68. The molecule has 0 spiro atoms. The molecule has 8 heavy (non-hydrogen) atoms. The van der Waals surface area contributed by atoms with Gasteiger partial charge in [0.1, 0.15) is 0 Å². The molecule has 0 unspecified atom stereocenters. The standard InChI is InChI=1S/C7H19P/c1-6-8(3,4,5)7-2/h6-7H2,1-5H3. The molecule has 0 heterocycles. The van der Waals surface area contributed by atoms with Crippen LogP contribution in [0.5, 0.6) is 0 Å². The first-order valence-electron chi connectivity index (χ1n) is 3.39. The molecular formula is C7H19P. The Morgan fingerprint density at radius 1 is 0.875 bits per heavy atom. The minimum absolute atomic E-state index is 1.10. The molecular weight excluding hydrogens is 115 g/mol. The zero-order chi connectivity index (χ0) is 6.86. The first-order chi connectivity index (χ1) is 3.39.